The van der Waals surface area contributed by atoms with Gasteiger partial charge in [-0.3, -0.25) is 4.79 Å². The number of hydrogen-bond acceptors (Lipinski definition) is 3. The number of carbonyl (C=O) groups is 1. The van der Waals surface area contributed by atoms with E-state index in [0.29, 0.717) is 18.9 Å². The van der Waals surface area contributed by atoms with E-state index in [0.717, 1.165) is 32.4 Å². The molecular weight excluding hydrogens is 228 g/mol. The van der Waals surface area contributed by atoms with Gasteiger partial charge >= 0.3 is 0 Å². The third-order valence-corrected chi connectivity index (χ3v) is 3.69. The van der Waals surface area contributed by atoms with Gasteiger partial charge in [-0.25, -0.2) is 0 Å². The summed E-state index contributed by atoms with van der Waals surface area (Å²) in [6.07, 6.45) is 5.58. The minimum Gasteiger partial charge on any atom is -0.388 e. The lowest BCUT2D eigenvalue weighted by Crippen LogP contribution is -2.40. The molecule has 1 atom stereocenters. The van der Waals surface area contributed by atoms with E-state index in [4.69, 9.17) is 0 Å². The molecular formula is C14H28N2O2. The van der Waals surface area contributed by atoms with Crippen molar-refractivity contribution in [3.05, 3.63) is 0 Å². The molecule has 4 nitrogen and oxygen atoms in total. The van der Waals surface area contributed by atoms with Gasteiger partial charge in [0.15, 0.2) is 0 Å². The molecule has 106 valence electrons. The highest BCUT2D eigenvalue weighted by molar-refractivity contribution is 5.75. The molecule has 18 heavy (non-hydrogen) atoms. The van der Waals surface area contributed by atoms with Crippen molar-refractivity contribution in [3.63, 3.8) is 0 Å². The Morgan fingerprint density at radius 1 is 1.44 bits per heavy atom. The predicted octanol–water partition coefficient (Wildman–Crippen LogP) is 1.43. The van der Waals surface area contributed by atoms with Crippen molar-refractivity contribution in [2.45, 2.75) is 58.0 Å². The van der Waals surface area contributed by atoms with E-state index in [1.165, 1.54) is 12.8 Å². The average Bonchev–Trinajstić information content (AvgIpc) is 2.35. The summed E-state index contributed by atoms with van der Waals surface area (Å²) in [6, 6.07) is 0. The summed E-state index contributed by atoms with van der Waals surface area (Å²) in [5.41, 5.74) is -0.765. The van der Waals surface area contributed by atoms with Crippen LogP contribution in [0.15, 0.2) is 0 Å². The summed E-state index contributed by atoms with van der Waals surface area (Å²) in [6.45, 7) is 6.35. The molecule has 0 aromatic rings. The van der Waals surface area contributed by atoms with E-state index in [9.17, 15) is 9.90 Å². The maximum Gasteiger partial charge on any atom is 0.220 e. The molecule has 1 heterocycles. The van der Waals surface area contributed by atoms with Crippen molar-refractivity contribution in [3.8, 4) is 0 Å². The van der Waals surface area contributed by atoms with Crippen molar-refractivity contribution in [2.24, 2.45) is 5.92 Å². The van der Waals surface area contributed by atoms with Crippen LogP contribution in [0.2, 0.25) is 0 Å². The normalized spacial score (nSPS) is 20.4. The highest BCUT2D eigenvalue weighted by Gasteiger charge is 2.20. The molecule has 0 aromatic heterocycles. The lowest BCUT2D eigenvalue weighted by atomic mass is 9.93. The lowest BCUT2D eigenvalue weighted by Gasteiger charge is -2.24. The highest BCUT2D eigenvalue weighted by atomic mass is 16.3. The quantitative estimate of drug-likeness (QED) is 0.646. The lowest BCUT2D eigenvalue weighted by molar-refractivity contribution is -0.122. The zero-order valence-electron chi connectivity index (χ0n) is 11.8. The first kappa shape index (κ1) is 15.4. The van der Waals surface area contributed by atoms with E-state index in [2.05, 4.69) is 10.6 Å². The van der Waals surface area contributed by atoms with Gasteiger partial charge in [-0.15, -0.1) is 0 Å². The second-order valence-corrected chi connectivity index (χ2v) is 5.76. The number of aliphatic hydroxyl groups is 1. The van der Waals surface area contributed by atoms with Gasteiger partial charge in [0.1, 0.15) is 0 Å². The van der Waals surface area contributed by atoms with E-state index < -0.39 is 5.60 Å². The first-order chi connectivity index (χ1) is 8.53. The van der Waals surface area contributed by atoms with Crippen LogP contribution in [-0.2, 0) is 4.79 Å². The number of piperidine rings is 1. The Balaban J connectivity index is 2.13. The molecule has 0 aromatic carbocycles. The molecule has 0 aliphatic carbocycles. The molecule has 4 heteroatoms. The van der Waals surface area contributed by atoms with Crippen LogP contribution in [-0.4, -0.2) is 36.2 Å². The summed E-state index contributed by atoms with van der Waals surface area (Å²) >= 11 is 0. The second kappa shape index (κ2) is 7.74. The van der Waals surface area contributed by atoms with E-state index >= 15 is 0 Å². The predicted molar refractivity (Wildman–Crippen MR) is 73.4 cm³/mol. The zero-order chi connectivity index (χ0) is 13.4. The van der Waals surface area contributed by atoms with Crippen LogP contribution in [0, 0.1) is 5.92 Å². The third kappa shape index (κ3) is 6.36. The molecule has 1 rings (SSSR count). The van der Waals surface area contributed by atoms with Crippen molar-refractivity contribution < 1.29 is 9.90 Å². The molecule has 1 amide bonds. The Hall–Kier alpha value is -0.610. The Morgan fingerprint density at radius 2 is 2.11 bits per heavy atom. The summed E-state index contributed by atoms with van der Waals surface area (Å²) in [5.74, 6) is 0.762. The van der Waals surface area contributed by atoms with Crippen LogP contribution < -0.4 is 10.6 Å². The van der Waals surface area contributed by atoms with Crippen LogP contribution in [0.25, 0.3) is 0 Å². The minimum atomic E-state index is -0.765. The topological polar surface area (TPSA) is 61.4 Å². The maximum absolute atomic E-state index is 11.7. The smallest absolute Gasteiger partial charge is 0.220 e. The summed E-state index contributed by atoms with van der Waals surface area (Å²) in [5, 5.41) is 16.1. The molecule has 1 aliphatic heterocycles. The van der Waals surface area contributed by atoms with E-state index in [1.807, 2.05) is 6.92 Å². The number of hydrogen-bond donors (Lipinski definition) is 3. The first-order valence-electron chi connectivity index (χ1n) is 7.23. The van der Waals surface area contributed by atoms with Crippen LogP contribution in [0.5, 0.6) is 0 Å². The van der Waals surface area contributed by atoms with Crippen LogP contribution in [0.3, 0.4) is 0 Å². The molecule has 1 unspecified atom stereocenters. The van der Waals surface area contributed by atoms with Crippen molar-refractivity contribution in [2.75, 3.05) is 19.6 Å². The molecule has 1 saturated heterocycles. The van der Waals surface area contributed by atoms with Gasteiger partial charge in [0.25, 0.3) is 0 Å². The molecule has 0 bridgehead atoms. The van der Waals surface area contributed by atoms with Crippen LogP contribution >= 0.6 is 0 Å². The third-order valence-electron chi connectivity index (χ3n) is 3.69. The largest absolute Gasteiger partial charge is 0.388 e. The SMILES string of the molecule is CCCC(C)(O)CNC(=O)CCC1CCNCC1. The molecule has 0 radical (unpaired) electrons. The number of carbonyl (C=O) groups excluding carboxylic acids is 1. The standard InChI is InChI=1S/C14H28N2O2/c1-3-8-14(2,18)11-16-13(17)5-4-12-6-9-15-10-7-12/h12,15,18H,3-11H2,1-2H3,(H,16,17). The number of rotatable bonds is 7. The van der Waals surface area contributed by atoms with Gasteiger partial charge in [0, 0.05) is 13.0 Å². The Bertz CT molecular complexity index is 248. The first-order valence-corrected chi connectivity index (χ1v) is 7.23. The number of nitrogens with one attached hydrogen (secondary N) is 2. The van der Waals surface area contributed by atoms with E-state index in [-0.39, 0.29) is 5.91 Å². The minimum absolute atomic E-state index is 0.0740. The van der Waals surface area contributed by atoms with Crippen molar-refractivity contribution in [1.82, 2.24) is 10.6 Å². The molecule has 1 fully saturated rings. The maximum atomic E-state index is 11.7. The molecule has 0 saturated carbocycles. The van der Waals surface area contributed by atoms with Crippen molar-refractivity contribution >= 4 is 5.91 Å². The molecule has 1 aliphatic rings. The average molecular weight is 256 g/mol. The van der Waals surface area contributed by atoms with Gasteiger partial charge in [-0.2, -0.15) is 0 Å². The summed E-state index contributed by atoms with van der Waals surface area (Å²) in [7, 11) is 0. The Labute approximate surface area is 111 Å². The van der Waals surface area contributed by atoms with Gasteiger partial charge in [0.2, 0.25) is 5.91 Å². The van der Waals surface area contributed by atoms with Crippen LogP contribution in [0.1, 0.15) is 52.4 Å². The molecule has 3 N–H and O–H groups in total. The summed E-state index contributed by atoms with van der Waals surface area (Å²) in [4.78, 5) is 11.7. The Kier molecular flexibility index (Phi) is 6.65. The number of amides is 1. The molecule has 0 spiro atoms. The fourth-order valence-corrected chi connectivity index (χ4v) is 2.51. The Morgan fingerprint density at radius 3 is 2.72 bits per heavy atom. The second-order valence-electron chi connectivity index (χ2n) is 5.76. The van der Waals surface area contributed by atoms with Crippen molar-refractivity contribution in [1.29, 1.82) is 0 Å². The van der Waals surface area contributed by atoms with Gasteiger partial charge in [0.05, 0.1) is 5.60 Å². The van der Waals surface area contributed by atoms with Gasteiger partial charge < -0.3 is 15.7 Å². The fraction of sp³-hybridized carbons (Fsp3) is 0.929. The summed E-state index contributed by atoms with van der Waals surface area (Å²) < 4.78 is 0. The zero-order valence-corrected chi connectivity index (χ0v) is 11.8. The fourth-order valence-electron chi connectivity index (χ4n) is 2.51. The van der Waals surface area contributed by atoms with Gasteiger partial charge in [-0.05, 0) is 51.6 Å². The van der Waals surface area contributed by atoms with Gasteiger partial charge in [-0.1, -0.05) is 13.3 Å². The monoisotopic (exact) mass is 256 g/mol. The van der Waals surface area contributed by atoms with E-state index in [1.54, 1.807) is 6.92 Å². The van der Waals surface area contributed by atoms with Crippen LogP contribution in [0.4, 0.5) is 0 Å². The highest BCUT2D eigenvalue weighted by Crippen LogP contribution is 2.17.